The van der Waals surface area contributed by atoms with E-state index >= 15 is 0 Å². The molecule has 0 saturated heterocycles. The highest BCUT2D eigenvalue weighted by atomic mass is 35.5. The zero-order chi connectivity index (χ0) is 16.9. The van der Waals surface area contributed by atoms with Gasteiger partial charge in [0, 0.05) is 15.5 Å². The van der Waals surface area contributed by atoms with Gasteiger partial charge in [-0.2, -0.15) is 0 Å². The van der Waals surface area contributed by atoms with E-state index in [1.165, 1.54) is 0 Å². The van der Waals surface area contributed by atoms with Crippen LogP contribution in [0.2, 0.25) is 5.02 Å². The summed E-state index contributed by atoms with van der Waals surface area (Å²) in [5.74, 6) is 0.338. The molecule has 1 aromatic rings. The summed E-state index contributed by atoms with van der Waals surface area (Å²) in [6, 6.07) is 4.59. The minimum atomic E-state index is -0.620. The minimum Gasteiger partial charge on any atom is -0.350 e. The second kappa shape index (κ2) is 7.88. The van der Waals surface area contributed by atoms with Crippen LogP contribution in [0.25, 0.3) is 0 Å². The number of carbonyl (C=O) groups is 2. The maximum atomic E-state index is 12.4. The van der Waals surface area contributed by atoms with Crippen LogP contribution >= 0.6 is 23.4 Å². The van der Waals surface area contributed by atoms with Crippen molar-refractivity contribution in [3.8, 4) is 0 Å². The molecule has 4 nitrogen and oxygen atoms in total. The monoisotopic (exact) mass is 342 g/mol. The van der Waals surface area contributed by atoms with E-state index in [-0.39, 0.29) is 17.4 Å². The Hall–Kier alpha value is -1.20. The van der Waals surface area contributed by atoms with Gasteiger partial charge < -0.3 is 10.6 Å². The second-order valence-electron chi connectivity index (χ2n) is 6.01. The molecular weight excluding hydrogens is 320 g/mol. The molecule has 0 aliphatic carbocycles. The van der Waals surface area contributed by atoms with Crippen LogP contribution in [0.15, 0.2) is 23.1 Å². The van der Waals surface area contributed by atoms with Crippen LogP contribution < -0.4 is 10.6 Å². The summed E-state index contributed by atoms with van der Waals surface area (Å²) in [5.41, 5.74) is 0.157. The van der Waals surface area contributed by atoms with Crippen LogP contribution in [0.4, 0.5) is 0 Å². The lowest BCUT2D eigenvalue weighted by atomic mass is 10.1. The number of rotatable bonds is 5. The zero-order valence-electron chi connectivity index (χ0n) is 13.6. The van der Waals surface area contributed by atoms with Gasteiger partial charge in [0.05, 0.1) is 5.56 Å². The van der Waals surface area contributed by atoms with Gasteiger partial charge in [0.15, 0.2) is 0 Å². The number of benzene rings is 1. The van der Waals surface area contributed by atoms with Crippen LogP contribution in [0.1, 0.15) is 45.0 Å². The first-order chi connectivity index (χ1) is 10.1. The van der Waals surface area contributed by atoms with Crippen molar-refractivity contribution in [2.24, 2.45) is 0 Å². The minimum absolute atomic E-state index is 0.215. The van der Waals surface area contributed by atoms with Gasteiger partial charge >= 0.3 is 0 Å². The van der Waals surface area contributed by atoms with Gasteiger partial charge in [-0.1, -0.05) is 18.5 Å². The van der Waals surface area contributed by atoms with Gasteiger partial charge in [-0.25, -0.2) is 0 Å². The number of halogens is 1. The Kier molecular flexibility index (Phi) is 6.75. The fourth-order valence-corrected chi connectivity index (χ4v) is 2.73. The molecule has 6 heteroatoms. The van der Waals surface area contributed by atoms with Crippen molar-refractivity contribution >= 4 is 35.2 Å². The van der Waals surface area contributed by atoms with Crippen LogP contribution in [0, 0.1) is 0 Å². The summed E-state index contributed by atoms with van der Waals surface area (Å²) in [7, 11) is 0. The fourth-order valence-electron chi connectivity index (χ4n) is 1.78. The van der Waals surface area contributed by atoms with Crippen molar-refractivity contribution in [1.82, 2.24) is 10.6 Å². The molecular formula is C16H23ClN2O2S. The highest BCUT2D eigenvalue weighted by Gasteiger charge is 2.22. The largest absolute Gasteiger partial charge is 0.350 e. The summed E-state index contributed by atoms with van der Waals surface area (Å²) in [6.45, 7) is 9.36. The second-order valence-corrected chi connectivity index (χ2v) is 7.75. The summed E-state index contributed by atoms with van der Waals surface area (Å²) in [6.07, 6.45) is 0. The highest BCUT2D eigenvalue weighted by molar-refractivity contribution is 7.99. The molecule has 22 heavy (non-hydrogen) atoms. The van der Waals surface area contributed by atoms with E-state index in [0.29, 0.717) is 10.6 Å². The van der Waals surface area contributed by atoms with E-state index < -0.39 is 6.04 Å². The molecule has 0 radical (unpaired) electrons. The molecule has 0 unspecified atom stereocenters. The predicted molar refractivity (Wildman–Crippen MR) is 92.7 cm³/mol. The molecule has 2 N–H and O–H groups in total. The van der Waals surface area contributed by atoms with Gasteiger partial charge in [0.2, 0.25) is 5.91 Å². The molecule has 0 aromatic heterocycles. The number of thioether (sulfide) groups is 1. The first-order valence-corrected chi connectivity index (χ1v) is 8.55. The average Bonchev–Trinajstić information content (AvgIpc) is 2.38. The van der Waals surface area contributed by atoms with Crippen molar-refractivity contribution in [2.75, 3.05) is 5.75 Å². The molecule has 0 spiro atoms. The molecule has 1 rings (SSSR count). The van der Waals surface area contributed by atoms with Gasteiger partial charge in [-0.05, 0) is 51.6 Å². The average molecular weight is 343 g/mol. The third-order valence-corrected chi connectivity index (χ3v) is 3.92. The van der Waals surface area contributed by atoms with Crippen LogP contribution in [0.5, 0.6) is 0 Å². The topological polar surface area (TPSA) is 58.2 Å². The van der Waals surface area contributed by atoms with Gasteiger partial charge in [0.25, 0.3) is 5.91 Å². The lowest BCUT2D eigenvalue weighted by Crippen LogP contribution is -2.50. The molecule has 0 heterocycles. The van der Waals surface area contributed by atoms with E-state index in [4.69, 9.17) is 11.6 Å². The Morgan fingerprint density at radius 2 is 1.95 bits per heavy atom. The highest BCUT2D eigenvalue weighted by Crippen LogP contribution is 2.25. The van der Waals surface area contributed by atoms with Crippen molar-refractivity contribution in [2.45, 2.75) is 51.1 Å². The maximum Gasteiger partial charge on any atom is 0.253 e. The lowest BCUT2D eigenvalue weighted by molar-refractivity contribution is -0.124. The molecule has 0 aliphatic heterocycles. The molecule has 122 valence electrons. The number of hydrogen-bond acceptors (Lipinski definition) is 3. The Balaban J connectivity index is 2.84. The smallest absolute Gasteiger partial charge is 0.253 e. The van der Waals surface area contributed by atoms with E-state index in [1.54, 1.807) is 30.8 Å². The number of carbonyl (C=O) groups excluding carboxylic acids is 2. The number of nitrogens with one attached hydrogen (secondary N) is 2. The van der Waals surface area contributed by atoms with Gasteiger partial charge in [-0.15, -0.1) is 11.8 Å². The van der Waals surface area contributed by atoms with Crippen molar-refractivity contribution in [3.63, 3.8) is 0 Å². The third kappa shape index (κ3) is 5.89. The summed E-state index contributed by atoms with van der Waals surface area (Å²) in [4.78, 5) is 25.3. The normalized spacial score (nSPS) is 12.6. The summed E-state index contributed by atoms with van der Waals surface area (Å²) >= 11 is 7.54. The SMILES string of the molecule is CCSc1ccc(Cl)cc1C(=O)N[C@@H](C)C(=O)NC(C)(C)C. The molecule has 0 fully saturated rings. The van der Waals surface area contributed by atoms with Crippen molar-refractivity contribution < 1.29 is 9.59 Å². The Morgan fingerprint density at radius 1 is 1.32 bits per heavy atom. The van der Waals surface area contributed by atoms with E-state index in [1.807, 2.05) is 33.8 Å². The van der Waals surface area contributed by atoms with E-state index in [0.717, 1.165) is 10.6 Å². The third-order valence-electron chi connectivity index (χ3n) is 2.73. The Labute approximate surface area is 141 Å². The maximum absolute atomic E-state index is 12.4. The molecule has 0 saturated carbocycles. The molecule has 2 amide bonds. The quantitative estimate of drug-likeness (QED) is 0.805. The van der Waals surface area contributed by atoms with Crippen LogP contribution in [-0.2, 0) is 4.79 Å². The lowest BCUT2D eigenvalue weighted by Gasteiger charge is -2.24. The summed E-state index contributed by atoms with van der Waals surface area (Å²) < 4.78 is 0. The summed E-state index contributed by atoms with van der Waals surface area (Å²) in [5, 5.41) is 6.06. The van der Waals surface area contributed by atoms with Crippen LogP contribution in [0.3, 0.4) is 0 Å². The first kappa shape index (κ1) is 18.8. The standard InChI is InChI=1S/C16H23ClN2O2S/c1-6-22-13-8-7-11(17)9-12(13)15(21)18-10(2)14(20)19-16(3,4)5/h7-10H,6H2,1-5H3,(H,18,21)(H,19,20)/t10-/m0/s1. The predicted octanol–water partition coefficient (Wildman–Crippen LogP) is 3.49. The fraction of sp³-hybridized carbons (Fsp3) is 0.500. The number of amides is 2. The van der Waals surface area contributed by atoms with E-state index in [2.05, 4.69) is 10.6 Å². The van der Waals surface area contributed by atoms with Gasteiger partial charge in [-0.3, -0.25) is 9.59 Å². The molecule has 0 aliphatic rings. The molecule has 1 aromatic carbocycles. The molecule has 1 atom stereocenters. The zero-order valence-corrected chi connectivity index (χ0v) is 15.2. The molecule has 0 bridgehead atoms. The van der Waals surface area contributed by atoms with E-state index in [9.17, 15) is 9.59 Å². The first-order valence-electron chi connectivity index (χ1n) is 7.19. The van der Waals surface area contributed by atoms with Crippen LogP contribution in [-0.4, -0.2) is 29.1 Å². The number of hydrogen-bond donors (Lipinski definition) is 2. The Morgan fingerprint density at radius 3 is 2.50 bits per heavy atom. The van der Waals surface area contributed by atoms with Gasteiger partial charge in [0.1, 0.15) is 6.04 Å². The Bertz CT molecular complexity index is 556. The van der Waals surface area contributed by atoms with Crippen molar-refractivity contribution in [1.29, 1.82) is 0 Å². The van der Waals surface area contributed by atoms with Crippen molar-refractivity contribution in [3.05, 3.63) is 28.8 Å².